The quantitative estimate of drug-likeness (QED) is 0.399. The molecule has 1 N–H and O–H groups in total. The standard InChI is InChI=1S/C23H23FN4O2S/c1-5-8-28-14(2)9-17(15(28)3)10-18(12-25)22(29)27-23-26-20(13-31-23)16-6-7-21(30-4)19(24)11-16/h6-7,9-11,13H,5,8H2,1-4H3,(H,26,27,29). The first-order valence-corrected chi connectivity index (χ1v) is 10.6. The average Bonchev–Trinajstić information content (AvgIpc) is 3.32. The molecule has 2 heterocycles. The van der Waals surface area contributed by atoms with Crippen molar-refractivity contribution in [2.45, 2.75) is 33.7 Å². The highest BCUT2D eigenvalue weighted by Gasteiger charge is 2.15. The van der Waals surface area contributed by atoms with Gasteiger partial charge in [0, 0.05) is 28.9 Å². The number of benzene rings is 1. The van der Waals surface area contributed by atoms with Crippen LogP contribution in [-0.4, -0.2) is 22.6 Å². The molecule has 0 saturated carbocycles. The van der Waals surface area contributed by atoms with Gasteiger partial charge in [0.15, 0.2) is 16.7 Å². The number of carbonyl (C=O) groups is 1. The highest BCUT2D eigenvalue weighted by Crippen LogP contribution is 2.28. The minimum atomic E-state index is -0.537. The molecule has 0 aliphatic rings. The van der Waals surface area contributed by atoms with Crippen LogP contribution >= 0.6 is 11.3 Å². The minimum Gasteiger partial charge on any atom is -0.494 e. The number of nitrogens with zero attached hydrogens (tertiary/aromatic N) is 3. The topological polar surface area (TPSA) is 79.9 Å². The molecule has 0 spiro atoms. The molecule has 1 amide bonds. The molecule has 6 nitrogen and oxygen atoms in total. The average molecular weight is 439 g/mol. The van der Waals surface area contributed by atoms with E-state index in [1.165, 1.54) is 30.6 Å². The Kier molecular flexibility index (Phi) is 6.88. The van der Waals surface area contributed by atoms with Gasteiger partial charge in [0.25, 0.3) is 5.91 Å². The van der Waals surface area contributed by atoms with E-state index in [0.29, 0.717) is 16.4 Å². The van der Waals surface area contributed by atoms with Crippen LogP contribution in [0.3, 0.4) is 0 Å². The molecule has 3 aromatic rings. The lowest BCUT2D eigenvalue weighted by molar-refractivity contribution is -0.112. The Balaban J connectivity index is 1.79. The molecule has 0 atom stereocenters. The van der Waals surface area contributed by atoms with Crippen molar-refractivity contribution in [3.63, 3.8) is 0 Å². The third kappa shape index (κ3) is 4.84. The van der Waals surface area contributed by atoms with Gasteiger partial charge in [-0.3, -0.25) is 10.1 Å². The molecular formula is C23H23FN4O2S. The smallest absolute Gasteiger partial charge is 0.268 e. The van der Waals surface area contributed by atoms with Crippen LogP contribution in [0.1, 0.15) is 30.3 Å². The fourth-order valence-corrected chi connectivity index (χ4v) is 4.01. The second-order valence-corrected chi connectivity index (χ2v) is 7.85. The van der Waals surface area contributed by atoms with E-state index in [-0.39, 0.29) is 11.3 Å². The number of methoxy groups -OCH3 is 1. The SMILES string of the molecule is CCCn1c(C)cc(C=C(C#N)C(=O)Nc2nc(-c3ccc(OC)c(F)c3)cs2)c1C. The zero-order valence-corrected chi connectivity index (χ0v) is 18.6. The summed E-state index contributed by atoms with van der Waals surface area (Å²) in [5, 5.41) is 14.2. The number of nitrogens with one attached hydrogen (secondary N) is 1. The molecule has 0 saturated heterocycles. The fraction of sp³-hybridized carbons (Fsp3) is 0.261. The lowest BCUT2D eigenvalue weighted by atomic mass is 10.1. The van der Waals surface area contributed by atoms with Crippen molar-refractivity contribution in [2.24, 2.45) is 0 Å². The number of halogens is 1. The van der Waals surface area contributed by atoms with Crippen LogP contribution in [0.4, 0.5) is 9.52 Å². The number of rotatable bonds is 7. The van der Waals surface area contributed by atoms with E-state index in [2.05, 4.69) is 21.8 Å². The third-order valence-electron chi connectivity index (χ3n) is 4.90. The summed E-state index contributed by atoms with van der Waals surface area (Å²) in [4.78, 5) is 17.0. The van der Waals surface area contributed by atoms with Gasteiger partial charge in [0.05, 0.1) is 12.8 Å². The second kappa shape index (κ2) is 9.58. The van der Waals surface area contributed by atoms with Gasteiger partial charge in [-0.15, -0.1) is 11.3 Å². The van der Waals surface area contributed by atoms with Gasteiger partial charge in [-0.1, -0.05) is 6.92 Å². The lowest BCUT2D eigenvalue weighted by Gasteiger charge is -2.07. The largest absolute Gasteiger partial charge is 0.494 e. The molecule has 0 radical (unpaired) electrons. The fourth-order valence-electron chi connectivity index (χ4n) is 3.30. The number of anilines is 1. The highest BCUT2D eigenvalue weighted by molar-refractivity contribution is 7.14. The summed E-state index contributed by atoms with van der Waals surface area (Å²) in [6, 6.07) is 8.47. The van der Waals surface area contributed by atoms with Crippen molar-refractivity contribution in [3.8, 4) is 23.1 Å². The van der Waals surface area contributed by atoms with Crippen molar-refractivity contribution >= 4 is 28.5 Å². The molecule has 2 aromatic heterocycles. The number of carbonyl (C=O) groups excluding carboxylic acids is 1. The van der Waals surface area contributed by atoms with Gasteiger partial charge in [-0.2, -0.15) is 5.26 Å². The Morgan fingerprint density at radius 1 is 1.39 bits per heavy atom. The van der Waals surface area contributed by atoms with Gasteiger partial charge < -0.3 is 9.30 Å². The molecule has 3 rings (SSSR count). The molecule has 0 bridgehead atoms. The molecule has 160 valence electrons. The number of ether oxygens (including phenoxy) is 1. The monoisotopic (exact) mass is 438 g/mol. The number of hydrogen-bond donors (Lipinski definition) is 1. The molecule has 8 heteroatoms. The minimum absolute atomic E-state index is 0.0102. The van der Waals surface area contributed by atoms with Crippen molar-refractivity contribution in [3.05, 3.63) is 58.0 Å². The van der Waals surface area contributed by atoms with E-state index in [9.17, 15) is 14.4 Å². The zero-order valence-electron chi connectivity index (χ0n) is 17.8. The Labute approximate surface area is 184 Å². The molecule has 0 aliphatic heterocycles. The van der Waals surface area contributed by atoms with Gasteiger partial charge in [0.2, 0.25) is 0 Å². The molecule has 0 fully saturated rings. The maximum absolute atomic E-state index is 14.0. The van der Waals surface area contributed by atoms with Gasteiger partial charge in [0.1, 0.15) is 11.6 Å². The molecule has 1 aromatic carbocycles. The van der Waals surface area contributed by atoms with E-state index in [1.807, 2.05) is 26.0 Å². The van der Waals surface area contributed by atoms with E-state index in [4.69, 9.17) is 4.74 Å². The van der Waals surface area contributed by atoms with Crippen LogP contribution in [0, 0.1) is 31.0 Å². The summed E-state index contributed by atoms with van der Waals surface area (Å²) in [6.45, 7) is 6.96. The summed E-state index contributed by atoms with van der Waals surface area (Å²) in [6.07, 6.45) is 2.59. The van der Waals surface area contributed by atoms with E-state index in [1.54, 1.807) is 17.5 Å². The maximum Gasteiger partial charge on any atom is 0.268 e. The van der Waals surface area contributed by atoms with Crippen molar-refractivity contribution in [1.29, 1.82) is 5.26 Å². The Morgan fingerprint density at radius 3 is 2.81 bits per heavy atom. The van der Waals surface area contributed by atoms with E-state index >= 15 is 0 Å². The Morgan fingerprint density at radius 2 is 2.16 bits per heavy atom. The molecule has 31 heavy (non-hydrogen) atoms. The Hall–Kier alpha value is -3.44. The van der Waals surface area contributed by atoms with Crippen molar-refractivity contribution in [1.82, 2.24) is 9.55 Å². The normalized spacial score (nSPS) is 11.3. The molecule has 0 unspecified atom stereocenters. The summed E-state index contributed by atoms with van der Waals surface area (Å²) < 4.78 is 21.0. The van der Waals surface area contributed by atoms with Crippen LogP contribution in [0.5, 0.6) is 5.75 Å². The van der Waals surface area contributed by atoms with Crippen LogP contribution in [-0.2, 0) is 11.3 Å². The summed E-state index contributed by atoms with van der Waals surface area (Å²) >= 11 is 1.20. The summed E-state index contributed by atoms with van der Waals surface area (Å²) in [7, 11) is 1.40. The second-order valence-electron chi connectivity index (χ2n) is 6.99. The maximum atomic E-state index is 14.0. The molecular weight excluding hydrogens is 415 g/mol. The molecule has 0 aliphatic carbocycles. The van der Waals surface area contributed by atoms with Gasteiger partial charge >= 0.3 is 0 Å². The van der Waals surface area contributed by atoms with E-state index in [0.717, 1.165) is 29.9 Å². The number of amides is 1. The number of nitriles is 1. The number of aromatic nitrogens is 2. The van der Waals surface area contributed by atoms with E-state index < -0.39 is 11.7 Å². The Bertz CT molecular complexity index is 1190. The highest BCUT2D eigenvalue weighted by atomic mass is 32.1. The first-order chi connectivity index (χ1) is 14.9. The van der Waals surface area contributed by atoms with Crippen molar-refractivity contribution in [2.75, 3.05) is 12.4 Å². The van der Waals surface area contributed by atoms with Gasteiger partial charge in [-0.05, 0) is 56.2 Å². The zero-order chi connectivity index (χ0) is 22.5. The van der Waals surface area contributed by atoms with Crippen LogP contribution in [0.15, 0.2) is 35.2 Å². The predicted octanol–water partition coefficient (Wildman–Crippen LogP) is 5.33. The lowest BCUT2D eigenvalue weighted by Crippen LogP contribution is -2.13. The van der Waals surface area contributed by atoms with Crippen molar-refractivity contribution < 1.29 is 13.9 Å². The summed E-state index contributed by atoms with van der Waals surface area (Å²) in [5.41, 5.74) is 4.01. The first kappa shape index (κ1) is 22.2. The number of aryl methyl sites for hydroxylation is 1. The van der Waals surface area contributed by atoms with Crippen LogP contribution < -0.4 is 10.1 Å². The van der Waals surface area contributed by atoms with Crippen LogP contribution in [0.2, 0.25) is 0 Å². The third-order valence-corrected chi connectivity index (χ3v) is 5.65. The summed E-state index contributed by atoms with van der Waals surface area (Å²) in [5.74, 6) is -0.881. The van der Waals surface area contributed by atoms with Gasteiger partial charge in [-0.25, -0.2) is 9.37 Å². The number of thiazole rings is 1. The predicted molar refractivity (Wildman–Crippen MR) is 120 cm³/mol. The van der Waals surface area contributed by atoms with Crippen LogP contribution in [0.25, 0.3) is 17.3 Å². The number of hydrogen-bond acceptors (Lipinski definition) is 5. The first-order valence-electron chi connectivity index (χ1n) is 9.77.